The molecular formula is C14H20ClNO3. The van der Waals surface area contributed by atoms with Gasteiger partial charge in [-0.15, -0.1) is 0 Å². The van der Waals surface area contributed by atoms with E-state index in [0.717, 1.165) is 19.3 Å². The molecule has 0 aromatic heterocycles. The summed E-state index contributed by atoms with van der Waals surface area (Å²) in [6.07, 6.45) is 2.95. The van der Waals surface area contributed by atoms with E-state index in [-0.39, 0.29) is 12.5 Å². The highest BCUT2D eigenvalue weighted by molar-refractivity contribution is 6.30. The summed E-state index contributed by atoms with van der Waals surface area (Å²) in [6, 6.07) is 7.04. The number of rotatable bonds is 9. The summed E-state index contributed by atoms with van der Waals surface area (Å²) in [6.45, 7) is 1.22. The van der Waals surface area contributed by atoms with Gasteiger partial charge >= 0.3 is 0 Å². The molecule has 1 aromatic carbocycles. The fourth-order valence-electron chi connectivity index (χ4n) is 1.52. The van der Waals surface area contributed by atoms with E-state index in [2.05, 4.69) is 5.32 Å². The second-order valence-corrected chi connectivity index (χ2v) is 4.62. The summed E-state index contributed by atoms with van der Waals surface area (Å²) in [4.78, 5) is 11.5. The van der Waals surface area contributed by atoms with Crippen molar-refractivity contribution in [1.82, 2.24) is 5.32 Å². The van der Waals surface area contributed by atoms with Crippen molar-refractivity contribution >= 4 is 17.5 Å². The molecule has 4 nitrogen and oxygen atoms in total. The Bertz CT molecular complexity index is 367. The molecule has 0 saturated carbocycles. The number of benzene rings is 1. The predicted molar refractivity (Wildman–Crippen MR) is 75.5 cm³/mol. The van der Waals surface area contributed by atoms with Gasteiger partial charge in [-0.3, -0.25) is 4.79 Å². The van der Waals surface area contributed by atoms with E-state index in [1.54, 1.807) is 24.3 Å². The molecule has 0 saturated heterocycles. The third kappa shape index (κ3) is 7.70. The van der Waals surface area contributed by atoms with Crippen LogP contribution in [-0.2, 0) is 4.79 Å². The molecule has 0 bridgehead atoms. The highest BCUT2D eigenvalue weighted by Crippen LogP contribution is 2.15. The van der Waals surface area contributed by atoms with Gasteiger partial charge in [-0.05, 0) is 43.5 Å². The van der Waals surface area contributed by atoms with Gasteiger partial charge in [-0.2, -0.15) is 0 Å². The monoisotopic (exact) mass is 285 g/mol. The Kier molecular flexibility index (Phi) is 8.02. The van der Waals surface area contributed by atoms with Gasteiger partial charge < -0.3 is 15.2 Å². The Morgan fingerprint density at radius 1 is 1.21 bits per heavy atom. The van der Waals surface area contributed by atoms with Crippen LogP contribution in [0.2, 0.25) is 5.02 Å². The summed E-state index contributed by atoms with van der Waals surface area (Å²) in [5.74, 6) is 0.693. The third-order valence-corrected chi connectivity index (χ3v) is 2.82. The largest absolute Gasteiger partial charge is 0.493 e. The Labute approximate surface area is 118 Å². The smallest absolute Gasteiger partial charge is 0.223 e. The van der Waals surface area contributed by atoms with Crippen LogP contribution in [0.3, 0.4) is 0 Å². The van der Waals surface area contributed by atoms with Gasteiger partial charge in [0.1, 0.15) is 5.75 Å². The molecule has 0 aliphatic carbocycles. The topological polar surface area (TPSA) is 58.6 Å². The second-order valence-electron chi connectivity index (χ2n) is 4.19. The normalized spacial score (nSPS) is 10.2. The molecule has 19 heavy (non-hydrogen) atoms. The number of hydrogen-bond donors (Lipinski definition) is 2. The number of nitrogens with one attached hydrogen (secondary N) is 1. The molecule has 0 radical (unpaired) electrons. The van der Waals surface area contributed by atoms with E-state index >= 15 is 0 Å². The molecule has 5 heteroatoms. The zero-order valence-electron chi connectivity index (χ0n) is 10.9. The minimum atomic E-state index is -0.0158. The van der Waals surface area contributed by atoms with E-state index in [4.69, 9.17) is 21.4 Å². The number of aliphatic hydroxyl groups excluding tert-OH is 1. The number of hydrogen-bond acceptors (Lipinski definition) is 3. The SMILES string of the molecule is O=C(CCOc1ccc(Cl)cc1)NCCCCCO. The zero-order valence-corrected chi connectivity index (χ0v) is 11.7. The third-order valence-electron chi connectivity index (χ3n) is 2.57. The van der Waals surface area contributed by atoms with Crippen LogP contribution >= 0.6 is 11.6 Å². The first kappa shape index (κ1) is 15.8. The molecule has 106 valence electrons. The van der Waals surface area contributed by atoms with Crippen molar-refractivity contribution in [1.29, 1.82) is 0 Å². The van der Waals surface area contributed by atoms with Crippen molar-refractivity contribution in [2.24, 2.45) is 0 Å². The summed E-state index contributed by atoms with van der Waals surface area (Å²) in [5, 5.41) is 12.1. The van der Waals surface area contributed by atoms with E-state index < -0.39 is 0 Å². The molecule has 0 fully saturated rings. The number of unbranched alkanes of at least 4 members (excludes halogenated alkanes) is 2. The molecule has 0 aliphatic rings. The van der Waals surface area contributed by atoms with Crippen molar-refractivity contribution in [3.63, 3.8) is 0 Å². The summed E-state index contributed by atoms with van der Waals surface area (Å²) in [5.41, 5.74) is 0. The van der Waals surface area contributed by atoms with Crippen LogP contribution < -0.4 is 10.1 Å². The van der Waals surface area contributed by atoms with Gasteiger partial charge in [0.05, 0.1) is 13.0 Å². The van der Waals surface area contributed by atoms with Crippen LogP contribution in [0, 0.1) is 0 Å². The lowest BCUT2D eigenvalue weighted by Gasteiger charge is -2.07. The Balaban J connectivity index is 2.05. The number of ether oxygens (including phenoxy) is 1. The zero-order chi connectivity index (χ0) is 13.9. The Morgan fingerprint density at radius 3 is 2.63 bits per heavy atom. The molecule has 2 N–H and O–H groups in total. The lowest BCUT2D eigenvalue weighted by atomic mass is 10.2. The fraction of sp³-hybridized carbons (Fsp3) is 0.500. The molecule has 0 atom stereocenters. The van der Waals surface area contributed by atoms with Crippen LogP contribution in [0.4, 0.5) is 0 Å². The highest BCUT2D eigenvalue weighted by atomic mass is 35.5. The number of carbonyl (C=O) groups is 1. The standard InChI is InChI=1S/C14H20ClNO3/c15-12-4-6-13(7-5-12)19-11-8-14(18)16-9-2-1-3-10-17/h4-7,17H,1-3,8-11H2,(H,16,18). The fourth-order valence-corrected chi connectivity index (χ4v) is 1.65. The van der Waals surface area contributed by atoms with Crippen molar-refractivity contribution in [3.8, 4) is 5.75 Å². The minimum absolute atomic E-state index is 0.0158. The Morgan fingerprint density at radius 2 is 1.95 bits per heavy atom. The minimum Gasteiger partial charge on any atom is -0.493 e. The molecule has 0 spiro atoms. The average molecular weight is 286 g/mol. The van der Waals surface area contributed by atoms with Crippen molar-refractivity contribution in [2.45, 2.75) is 25.7 Å². The van der Waals surface area contributed by atoms with Crippen LogP contribution in [-0.4, -0.2) is 30.8 Å². The summed E-state index contributed by atoms with van der Waals surface area (Å²) < 4.78 is 5.42. The highest BCUT2D eigenvalue weighted by Gasteiger charge is 2.01. The van der Waals surface area contributed by atoms with Crippen LogP contribution in [0.25, 0.3) is 0 Å². The van der Waals surface area contributed by atoms with Gasteiger partial charge in [0.2, 0.25) is 5.91 Å². The first-order valence-corrected chi connectivity index (χ1v) is 6.86. The molecule has 1 rings (SSSR count). The molecule has 0 aliphatic heterocycles. The van der Waals surface area contributed by atoms with Crippen LogP contribution in [0.15, 0.2) is 24.3 Å². The number of carbonyl (C=O) groups excluding carboxylic acids is 1. The van der Waals surface area contributed by atoms with Crippen LogP contribution in [0.5, 0.6) is 5.75 Å². The second kappa shape index (κ2) is 9.64. The maximum Gasteiger partial charge on any atom is 0.223 e. The van der Waals surface area contributed by atoms with E-state index in [1.807, 2.05) is 0 Å². The van der Waals surface area contributed by atoms with Gasteiger partial charge in [0.15, 0.2) is 0 Å². The van der Waals surface area contributed by atoms with Crippen molar-refractivity contribution < 1.29 is 14.6 Å². The summed E-state index contributed by atoms with van der Waals surface area (Å²) in [7, 11) is 0. The lowest BCUT2D eigenvalue weighted by molar-refractivity contribution is -0.121. The first-order chi connectivity index (χ1) is 9.22. The number of halogens is 1. The number of aliphatic hydroxyl groups is 1. The molecular weight excluding hydrogens is 266 g/mol. The maximum atomic E-state index is 11.5. The van der Waals surface area contributed by atoms with E-state index in [1.165, 1.54) is 0 Å². The average Bonchev–Trinajstić information content (AvgIpc) is 2.41. The quantitative estimate of drug-likeness (QED) is 0.685. The Hall–Kier alpha value is -1.26. The van der Waals surface area contributed by atoms with Crippen molar-refractivity contribution in [2.75, 3.05) is 19.8 Å². The van der Waals surface area contributed by atoms with Gasteiger partial charge in [-0.1, -0.05) is 11.6 Å². The molecule has 0 unspecified atom stereocenters. The molecule has 1 aromatic rings. The predicted octanol–water partition coefficient (Wildman–Crippen LogP) is 2.39. The molecule has 1 amide bonds. The number of amides is 1. The van der Waals surface area contributed by atoms with Crippen LogP contribution in [0.1, 0.15) is 25.7 Å². The first-order valence-electron chi connectivity index (χ1n) is 6.48. The lowest BCUT2D eigenvalue weighted by Crippen LogP contribution is -2.25. The maximum absolute atomic E-state index is 11.5. The van der Waals surface area contributed by atoms with E-state index in [0.29, 0.717) is 30.3 Å². The molecule has 0 heterocycles. The van der Waals surface area contributed by atoms with Gasteiger partial charge in [0.25, 0.3) is 0 Å². The van der Waals surface area contributed by atoms with Gasteiger partial charge in [-0.25, -0.2) is 0 Å². The van der Waals surface area contributed by atoms with Crippen molar-refractivity contribution in [3.05, 3.63) is 29.3 Å². The summed E-state index contributed by atoms with van der Waals surface area (Å²) >= 11 is 5.75. The van der Waals surface area contributed by atoms with Gasteiger partial charge in [0, 0.05) is 18.2 Å². The van der Waals surface area contributed by atoms with E-state index in [9.17, 15) is 4.79 Å².